The third kappa shape index (κ3) is 3.97. The lowest BCUT2D eigenvalue weighted by Crippen LogP contribution is -2.38. The van der Waals surface area contributed by atoms with Crippen LogP contribution in [-0.2, 0) is 0 Å². The van der Waals surface area contributed by atoms with Gasteiger partial charge in [-0.3, -0.25) is 0 Å². The number of aliphatic hydroxyl groups is 1. The van der Waals surface area contributed by atoms with Crippen LogP contribution in [0.2, 0.25) is 0 Å². The van der Waals surface area contributed by atoms with Crippen LogP contribution in [0.5, 0.6) is 0 Å². The average Bonchev–Trinajstić information content (AvgIpc) is 2.25. The molecule has 0 aliphatic heterocycles. The fourth-order valence-electron chi connectivity index (χ4n) is 2.49. The van der Waals surface area contributed by atoms with E-state index in [0.717, 1.165) is 31.3 Å². The Morgan fingerprint density at radius 3 is 2.71 bits per heavy atom. The summed E-state index contributed by atoms with van der Waals surface area (Å²) in [6.07, 6.45) is 8.96. The number of rotatable bonds is 6. The SMILES string of the molecule is CCC1CCCCC1NCCCCO. The van der Waals surface area contributed by atoms with Gasteiger partial charge < -0.3 is 10.4 Å². The molecule has 2 atom stereocenters. The zero-order chi connectivity index (χ0) is 10.2. The van der Waals surface area contributed by atoms with Crippen LogP contribution in [0, 0.1) is 5.92 Å². The van der Waals surface area contributed by atoms with Gasteiger partial charge in [-0.2, -0.15) is 0 Å². The first kappa shape index (κ1) is 12.0. The van der Waals surface area contributed by atoms with Crippen molar-refractivity contribution in [2.45, 2.75) is 57.9 Å². The van der Waals surface area contributed by atoms with E-state index in [9.17, 15) is 0 Å². The fourth-order valence-corrected chi connectivity index (χ4v) is 2.49. The summed E-state index contributed by atoms with van der Waals surface area (Å²) in [5.41, 5.74) is 0. The highest BCUT2D eigenvalue weighted by Gasteiger charge is 2.22. The monoisotopic (exact) mass is 199 g/mol. The van der Waals surface area contributed by atoms with Crippen molar-refractivity contribution < 1.29 is 5.11 Å². The van der Waals surface area contributed by atoms with E-state index in [1.54, 1.807) is 0 Å². The highest BCUT2D eigenvalue weighted by atomic mass is 16.2. The highest BCUT2D eigenvalue weighted by molar-refractivity contribution is 4.79. The molecule has 1 fully saturated rings. The van der Waals surface area contributed by atoms with Gasteiger partial charge in [0.25, 0.3) is 0 Å². The molecule has 2 unspecified atom stereocenters. The van der Waals surface area contributed by atoms with Gasteiger partial charge in [0.2, 0.25) is 0 Å². The second-order valence-electron chi connectivity index (χ2n) is 4.44. The van der Waals surface area contributed by atoms with E-state index >= 15 is 0 Å². The molecule has 84 valence electrons. The quantitative estimate of drug-likeness (QED) is 0.643. The van der Waals surface area contributed by atoms with Crippen molar-refractivity contribution in [3.8, 4) is 0 Å². The van der Waals surface area contributed by atoms with Crippen molar-refractivity contribution in [1.82, 2.24) is 5.32 Å². The van der Waals surface area contributed by atoms with Crippen molar-refractivity contribution in [3.63, 3.8) is 0 Å². The molecule has 14 heavy (non-hydrogen) atoms. The van der Waals surface area contributed by atoms with Gasteiger partial charge in [-0.05, 0) is 38.1 Å². The molecule has 0 aromatic carbocycles. The van der Waals surface area contributed by atoms with Gasteiger partial charge in [-0.15, -0.1) is 0 Å². The minimum Gasteiger partial charge on any atom is -0.396 e. The average molecular weight is 199 g/mol. The molecule has 0 aromatic rings. The molecule has 0 radical (unpaired) electrons. The van der Waals surface area contributed by atoms with Crippen molar-refractivity contribution in [1.29, 1.82) is 0 Å². The topological polar surface area (TPSA) is 32.3 Å². The molecule has 2 heteroatoms. The van der Waals surface area contributed by atoms with Crippen molar-refractivity contribution in [3.05, 3.63) is 0 Å². The molecule has 0 amide bonds. The van der Waals surface area contributed by atoms with Crippen LogP contribution in [0.15, 0.2) is 0 Å². The fraction of sp³-hybridized carbons (Fsp3) is 1.00. The number of hydrogen-bond acceptors (Lipinski definition) is 2. The molecule has 2 N–H and O–H groups in total. The van der Waals surface area contributed by atoms with E-state index in [-0.39, 0.29) is 0 Å². The van der Waals surface area contributed by atoms with E-state index in [0.29, 0.717) is 6.61 Å². The molecular formula is C12H25NO. The highest BCUT2D eigenvalue weighted by Crippen LogP contribution is 2.26. The first-order chi connectivity index (χ1) is 6.88. The summed E-state index contributed by atoms with van der Waals surface area (Å²) in [5.74, 6) is 0.901. The normalized spacial score (nSPS) is 27.9. The van der Waals surface area contributed by atoms with Gasteiger partial charge in [0.15, 0.2) is 0 Å². The van der Waals surface area contributed by atoms with Crippen LogP contribution < -0.4 is 5.32 Å². The van der Waals surface area contributed by atoms with Gasteiger partial charge in [0.05, 0.1) is 0 Å². The summed E-state index contributed by atoms with van der Waals surface area (Å²) in [7, 11) is 0. The van der Waals surface area contributed by atoms with E-state index in [2.05, 4.69) is 12.2 Å². The van der Waals surface area contributed by atoms with Gasteiger partial charge in [0, 0.05) is 12.6 Å². The molecule has 0 spiro atoms. The van der Waals surface area contributed by atoms with Crippen molar-refractivity contribution in [2.75, 3.05) is 13.2 Å². The summed E-state index contributed by atoms with van der Waals surface area (Å²) in [4.78, 5) is 0. The molecule has 0 heterocycles. The summed E-state index contributed by atoms with van der Waals surface area (Å²) >= 11 is 0. The number of nitrogens with one attached hydrogen (secondary N) is 1. The van der Waals surface area contributed by atoms with E-state index in [4.69, 9.17) is 5.11 Å². The zero-order valence-electron chi connectivity index (χ0n) is 9.47. The number of aliphatic hydroxyl groups excluding tert-OH is 1. The molecule has 0 aromatic heterocycles. The Balaban J connectivity index is 2.13. The lowest BCUT2D eigenvalue weighted by molar-refractivity contribution is 0.247. The Morgan fingerprint density at radius 2 is 2.00 bits per heavy atom. The third-order valence-electron chi connectivity index (χ3n) is 3.42. The Kier molecular flexibility index (Phi) is 6.20. The minimum absolute atomic E-state index is 0.337. The van der Waals surface area contributed by atoms with Gasteiger partial charge in [-0.1, -0.05) is 26.2 Å². The van der Waals surface area contributed by atoms with Crippen LogP contribution in [-0.4, -0.2) is 24.3 Å². The lowest BCUT2D eigenvalue weighted by atomic mass is 9.83. The zero-order valence-corrected chi connectivity index (χ0v) is 9.47. The largest absolute Gasteiger partial charge is 0.396 e. The van der Waals surface area contributed by atoms with Crippen LogP contribution in [0.25, 0.3) is 0 Å². The lowest BCUT2D eigenvalue weighted by Gasteiger charge is -2.31. The molecule has 1 saturated carbocycles. The van der Waals surface area contributed by atoms with E-state index in [1.165, 1.54) is 32.1 Å². The van der Waals surface area contributed by atoms with Gasteiger partial charge >= 0.3 is 0 Å². The molecular weight excluding hydrogens is 174 g/mol. The molecule has 1 aliphatic rings. The molecule has 0 bridgehead atoms. The summed E-state index contributed by atoms with van der Waals surface area (Å²) in [5, 5.41) is 12.3. The summed E-state index contributed by atoms with van der Waals surface area (Å²) in [6.45, 7) is 3.73. The second kappa shape index (κ2) is 7.24. The van der Waals surface area contributed by atoms with Crippen molar-refractivity contribution in [2.24, 2.45) is 5.92 Å². The predicted octanol–water partition coefficient (Wildman–Crippen LogP) is 2.32. The van der Waals surface area contributed by atoms with Crippen LogP contribution >= 0.6 is 0 Å². The van der Waals surface area contributed by atoms with E-state index in [1.807, 2.05) is 0 Å². The Hall–Kier alpha value is -0.0800. The first-order valence-corrected chi connectivity index (χ1v) is 6.22. The minimum atomic E-state index is 0.337. The molecule has 1 rings (SSSR count). The van der Waals surface area contributed by atoms with Gasteiger partial charge in [0.1, 0.15) is 0 Å². The Labute approximate surface area is 88.1 Å². The van der Waals surface area contributed by atoms with Crippen LogP contribution in [0.3, 0.4) is 0 Å². The van der Waals surface area contributed by atoms with Crippen molar-refractivity contribution >= 4 is 0 Å². The summed E-state index contributed by atoms with van der Waals surface area (Å²) < 4.78 is 0. The van der Waals surface area contributed by atoms with Gasteiger partial charge in [-0.25, -0.2) is 0 Å². The Bertz CT molecular complexity index is 138. The standard InChI is InChI=1S/C12H25NO/c1-2-11-7-3-4-8-12(11)13-9-5-6-10-14/h11-14H,2-10H2,1H3. The van der Waals surface area contributed by atoms with Crippen LogP contribution in [0.1, 0.15) is 51.9 Å². The predicted molar refractivity (Wildman–Crippen MR) is 60.4 cm³/mol. The number of hydrogen-bond donors (Lipinski definition) is 2. The maximum absolute atomic E-state index is 8.67. The molecule has 1 aliphatic carbocycles. The summed E-state index contributed by atoms with van der Waals surface area (Å²) in [6, 6.07) is 0.757. The maximum Gasteiger partial charge on any atom is 0.0431 e. The number of unbranched alkanes of at least 4 members (excludes halogenated alkanes) is 1. The van der Waals surface area contributed by atoms with Crippen LogP contribution in [0.4, 0.5) is 0 Å². The Morgan fingerprint density at radius 1 is 1.21 bits per heavy atom. The second-order valence-corrected chi connectivity index (χ2v) is 4.44. The smallest absolute Gasteiger partial charge is 0.0431 e. The third-order valence-corrected chi connectivity index (χ3v) is 3.42. The molecule has 2 nitrogen and oxygen atoms in total. The van der Waals surface area contributed by atoms with E-state index < -0.39 is 0 Å². The molecule has 0 saturated heterocycles. The first-order valence-electron chi connectivity index (χ1n) is 6.22. The maximum atomic E-state index is 8.67.